The normalized spacial score (nSPS) is 18.4. The second-order valence-corrected chi connectivity index (χ2v) is 7.68. The maximum atomic E-state index is 12.2. The Morgan fingerprint density at radius 3 is 2.60 bits per heavy atom. The third-order valence-corrected chi connectivity index (χ3v) is 5.68. The minimum Gasteiger partial charge on any atom is -0.306 e. The van der Waals surface area contributed by atoms with E-state index in [-0.39, 0.29) is 4.90 Å². The van der Waals surface area contributed by atoms with E-state index in [0.29, 0.717) is 17.5 Å². The zero-order valence-corrected chi connectivity index (χ0v) is 13.5. The van der Waals surface area contributed by atoms with Crippen LogP contribution in [-0.4, -0.2) is 40.0 Å². The molecule has 1 aliphatic rings. The Morgan fingerprint density at radius 2 is 2.00 bits per heavy atom. The van der Waals surface area contributed by atoms with Crippen molar-refractivity contribution in [3.63, 3.8) is 0 Å². The number of piperidine rings is 1. The van der Waals surface area contributed by atoms with Crippen molar-refractivity contribution in [1.29, 1.82) is 0 Å². The van der Waals surface area contributed by atoms with Gasteiger partial charge in [-0.25, -0.2) is 13.1 Å². The highest BCUT2D eigenvalue weighted by molar-refractivity contribution is 7.89. The van der Waals surface area contributed by atoms with Gasteiger partial charge in [0, 0.05) is 11.6 Å². The largest absolute Gasteiger partial charge is 0.306 e. The minimum absolute atomic E-state index is 0.237. The number of hydrogen-bond acceptors (Lipinski definition) is 3. The van der Waals surface area contributed by atoms with Crippen LogP contribution in [0.3, 0.4) is 0 Å². The van der Waals surface area contributed by atoms with E-state index in [1.54, 1.807) is 12.1 Å². The molecule has 0 atom stereocenters. The van der Waals surface area contributed by atoms with E-state index in [4.69, 9.17) is 11.6 Å². The number of hydrogen-bond donors (Lipinski definition) is 1. The second-order valence-electron chi connectivity index (χ2n) is 5.51. The van der Waals surface area contributed by atoms with Crippen LogP contribution in [0.4, 0.5) is 0 Å². The maximum Gasteiger partial charge on any atom is 0.240 e. The van der Waals surface area contributed by atoms with E-state index in [1.165, 1.54) is 6.07 Å². The number of likely N-dealkylation sites (tertiary alicyclic amines) is 1. The summed E-state index contributed by atoms with van der Waals surface area (Å²) < 4.78 is 27.1. The fraction of sp³-hybridized carbons (Fsp3) is 0.571. The van der Waals surface area contributed by atoms with Crippen molar-refractivity contribution in [1.82, 2.24) is 9.62 Å². The van der Waals surface area contributed by atoms with Gasteiger partial charge in [-0.05, 0) is 63.5 Å². The molecule has 0 unspecified atom stereocenters. The summed E-state index contributed by atoms with van der Waals surface area (Å²) in [4.78, 5) is 2.51. The highest BCUT2D eigenvalue weighted by Gasteiger charge is 2.20. The fourth-order valence-corrected chi connectivity index (χ4v) is 3.71. The molecule has 1 aliphatic heterocycles. The van der Waals surface area contributed by atoms with Crippen molar-refractivity contribution in [3.8, 4) is 0 Å². The maximum absolute atomic E-state index is 12.2. The highest BCUT2D eigenvalue weighted by Crippen LogP contribution is 2.21. The summed E-state index contributed by atoms with van der Waals surface area (Å²) in [6, 6.07) is 4.83. The van der Waals surface area contributed by atoms with Crippen molar-refractivity contribution in [2.75, 3.05) is 26.7 Å². The van der Waals surface area contributed by atoms with E-state index < -0.39 is 10.0 Å². The number of nitrogens with zero attached hydrogens (tertiary/aromatic N) is 1. The zero-order valence-electron chi connectivity index (χ0n) is 11.9. The van der Waals surface area contributed by atoms with Crippen molar-refractivity contribution >= 4 is 21.6 Å². The Kier molecular flexibility index (Phi) is 5.07. The SMILES string of the molecule is Cc1ccc(S(=O)(=O)NCC2CCN(C)CC2)cc1Cl. The molecule has 0 bridgehead atoms. The molecule has 0 aliphatic carbocycles. The van der Waals surface area contributed by atoms with Crippen LogP contribution in [0.15, 0.2) is 23.1 Å². The first-order chi connectivity index (χ1) is 9.38. The first kappa shape index (κ1) is 15.8. The number of rotatable bonds is 4. The number of sulfonamides is 1. The number of aryl methyl sites for hydroxylation is 1. The summed E-state index contributed by atoms with van der Waals surface area (Å²) in [6.45, 7) is 4.41. The van der Waals surface area contributed by atoms with Crippen LogP contribution in [0.5, 0.6) is 0 Å². The monoisotopic (exact) mass is 316 g/mol. The molecule has 4 nitrogen and oxygen atoms in total. The molecule has 2 rings (SSSR count). The van der Waals surface area contributed by atoms with Gasteiger partial charge in [0.05, 0.1) is 4.90 Å². The molecular formula is C14H21ClN2O2S. The van der Waals surface area contributed by atoms with Gasteiger partial charge in [-0.15, -0.1) is 0 Å². The summed E-state index contributed by atoms with van der Waals surface area (Å²) in [6.07, 6.45) is 2.07. The Morgan fingerprint density at radius 1 is 1.35 bits per heavy atom. The quantitative estimate of drug-likeness (QED) is 0.927. The summed E-state index contributed by atoms with van der Waals surface area (Å²) in [5.74, 6) is 0.418. The molecule has 0 spiro atoms. The Balaban J connectivity index is 1.98. The number of halogens is 1. The smallest absolute Gasteiger partial charge is 0.240 e. The number of nitrogens with one attached hydrogen (secondary N) is 1. The molecule has 1 fully saturated rings. The van der Waals surface area contributed by atoms with Gasteiger partial charge in [0.1, 0.15) is 0 Å². The van der Waals surface area contributed by atoms with Gasteiger partial charge in [0.2, 0.25) is 10.0 Å². The average Bonchev–Trinajstić information content (AvgIpc) is 2.41. The topological polar surface area (TPSA) is 49.4 Å². The lowest BCUT2D eigenvalue weighted by atomic mass is 9.98. The lowest BCUT2D eigenvalue weighted by Crippen LogP contribution is -2.36. The third kappa shape index (κ3) is 3.95. The molecular weight excluding hydrogens is 296 g/mol. The molecule has 20 heavy (non-hydrogen) atoms. The van der Waals surface area contributed by atoms with Crippen LogP contribution in [-0.2, 0) is 10.0 Å². The van der Waals surface area contributed by atoms with Gasteiger partial charge in [-0.1, -0.05) is 17.7 Å². The van der Waals surface area contributed by atoms with Gasteiger partial charge in [0.25, 0.3) is 0 Å². The Bertz CT molecular complexity index is 567. The molecule has 0 amide bonds. The Hall–Kier alpha value is -0.620. The third-order valence-electron chi connectivity index (χ3n) is 3.85. The molecule has 1 heterocycles. The predicted molar refractivity (Wildman–Crippen MR) is 81.6 cm³/mol. The van der Waals surface area contributed by atoms with Crippen LogP contribution < -0.4 is 4.72 Å². The van der Waals surface area contributed by atoms with Gasteiger partial charge >= 0.3 is 0 Å². The molecule has 1 saturated heterocycles. The average molecular weight is 317 g/mol. The van der Waals surface area contributed by atoms with E-state index >= 15 is 0 Å². The van der Waals surface area contributed by atoms with E-state index in [2.05, 4.69) is 16.7 Å². The zero-order chi connectivity index (χ0) is 14.8. The molecule has 6 heteroatoms. The molecule has 1 N–H and O–H groups in total. The van der Waals surface area contributed by atoms with Crippen LogP contribution in [0.1, 0.15) is 18.4 Å². The standard InChI is InChI=1S/C14H21ClN2O2S/c1-11-3-4-13(9-14(11)15)20(18,19)16-10-12-5-7-17(2)8-6-12/h3-4,9,12,16H,5-8,10H2,1-2H3. The molecule has 0 aromatic heterocycles. The van der Waals surface area contributed by atoms with E-state index in [1.807, 2.05) is 6.92 Å². The van der Waals surface area contributed by atoms with Crippen LogP contribution >= 0.6 is 11.6 Å². The fourth-order valence-electron chi connectivity index (χ4n) is 2.32. The van der Waals surface area contributed by atoms with E-state index in [9.17, 15) is 8.42 Å². The molecule has 0 radical (unpaired) electrons. The molecule has 1 aromatic carbocycles. The van der Waals surface area contributed by atoms with Crippen molar-refractivity contribution in [3.05, 3.63) is 28.8 Å². The molecule has 0 saturated carbocycles. The minimum atomic E-state index is -3.46. The van der Waals surface area contributed by atoms with Crippen molar-refractivity contribution in [2.24, 2.45) is 5.92 Å². The van der Waals surface area contributed by atoms with Crippen LogP contribution in [0, 0.1) is 12.8 Å². The lowest BCUT2D eigenvalue weighted by molar-refractivity contribution is 0.220. The first-order valence-corrected chi connectivity index (χ1v) is 8.69. The second kappa shape index (κ2) is 6.43. The molecule has 112 valence electrons. The predicted octanol–water partition coefficient (Wildman–Crippen LogP) is 2.27. The summed E-state index contributed by atoms with van der Waals surface area (Å²) in [7, 11) is -1.37. The van der Waals surface area contributed by atoms with Crippen LogP contribution in [0.25, 0.3) is 0 Å². The highest BCUT2D eigenvalue weighted by atomic mass is 35.5. The lowest BCUT2D eigenvalue weighted by Gasteiger charge is -2.28. The van der Waals surface area contributed by atoms with Crippen molar-refractivity contribution in [2.45, 2.75) is 24.7 Å². The Labute approximate surface area is 126 Å². The van der Waals surface area contributed by atoms with Gasteiger partial charge in [-0.3, -0.25) is 0 Å². The van der Waals surface area contributed by atoms with Crippen molar-refractivity contribution < 1.29 is 8.42 Å². The first-order valence-electron chi connectivity index (χ1n) is 6.83. The van der Waals surface area contributed by atoms with Crippen LogP contribution in [0.2, 0.25) is 5.02 Å². The molecule has 1 aromatic rings. The summed E-state index contributed by atoms with van der Waals surface area (Å²) in [5.41, 5.74) is 0.876. The number of benzene rings is 1. The van der Waals surface area contributed by atoms with Gasteiger partial charge < -0.3 is 4.90 Å². The van der Waals surface area contributed by atoms with E-state index in [0.717, 1.165) is 31.5 Å². The van der Waals surface area contributed by atoms with Gasteiger partial charge in [-0.2, -0.15) is 0 Å². The van der Waals surface area contributed by atoms with Gasteiger partial charge in [0.15, 0.2) is 0 Å². The summed E-state index contributed by atoms with van der Waals surface area (Å²) in [5, 5.41) is 0.479. The summed E-state index contributed by atoms with van der Waals surface area (Å²) >= 11 is 5.99.